The second kappa shape index (κ2) is 8.75. The van der Waals surface area contributed by atoms with Gasteiger partial charge in [0.1, 0.15) is 11.5 Å². The predicted molar refractivity (Wildman–Crippen MR) is 103 cm³/mol. The van der Waals surface area contributed by atoms with E-state index in [4.69, 9.17) is 9.47 Å². The lowest BCUT2D eigenvalue weighted by molar-refractivity contribution is -0.131. The molecule has 0 aliphatic carbocycles. The van der Waals surface area contributed by atoms with Crippen molar-refractivity contribution in [3.05, 3.63) is 59.7 Å². The van der Waals surface area contributed by atoms with Gasteiger partial charge in [-0.05, 0) is 55.0 Å². The maximum atomic E-state index is 12.8. The van der Waals surface area contributed by atoms with E-state index in [2.05, 4.69) is 29.2 Å². The molecular formula is C22H27NO3. The maximum absolute atomic E-state index is 12.8. The standard InChI is InChI=1S/C22H27NO3/c1-25-20-11-12-21(26-2)18(16-20)10-13-22(24)23-14-6-9-19(23)15-17-7-4-3-5-8-17/h3-5,7-8,11-12,16,19H,6,9-10,13-15H2,1-2H3. The predicted octanol–water partition coefficient (Wildman–Crippen LogP) is 3.87. The first-order valence-corrected chi connectivity index (χ1v) is 9.25. The minimum absolute atomic E-state index is 0.230. The second-order valence-corrected chi connectivity index (χ2v) is 6.75. The van der Waals surface area contributed by atoms with Crippen molar-refractivity contribution in [2.75, 3.05) is 20.8 Å². The van der Waals surface area contributed by atoms with E-state index in [0.717, 1.165) is 42.9 Å². The number of carbonyl (C=O) groups is 1. The molecule has 2 aromatic rings. The largest absolute Gasteiger partial charge is 0.497 e. The number of hydrogen-bond acceptors (Lipinski definition) is 3. The Morgan fingerprint density at radius 3 is 2.65 bits per heavy atom. The van der Waals surface area contributed by atoms with E-state index in [1.165, 1.54) is 5.56 Å². The molecule has 4 nitrogen and oxygen atoms in total. The van der Waals surface area contributed by atoms with Crippen LogP contribution in [0.15, 0.2) is 48.5 Å². The van der Waals surface area contributed by atoms with E-state index >= 15 is 0 Å². The van der Waals surface area contributed by atoms with E-state index in [1.807, 2.05) is 24.3 Å². The van der Waals surface area contributed by atoms with Gasteiger partial charge < -0.3 is 14.4 Å². The molecule has 0 bridgehead atoms. The highest BCUT2D eigenvalue weighted by Gasteiger charge is 2.28. The van der Waals surface area contributed by atoms with Crippen LogP contribution in [0.25, 0.3) is 0 Å². The molecule has 1 heterocycles. The third-order valence-electron chi connectivity index (χ3n) is 5.11. The highest BCUT2D eigenvalue weighted by atomic mass is 16.5. The van der Waals surface area contributed by atoms with Crippen LogP contribution in [0.2, 0.25) is 0 Å². The average molecular weight is 353 g/mol. The van der Waals surface area contributed by atoms with Crippen molar-refractivity contribution in [1.29, 1.82) is 0 Å². The number of carbonyl (C=O) groups excluding carboxylic acids is 1. The number of benzene rings is 2. The number of likely N-dealkylation sites (tertiary alicyclic amines) is 1. The minimum Gasteiger partial charge on any atom is -0.497 e. The highest BCUT2D eigenvalue weighted by molar-refractivity contribution is 5.77. The fraction of sp³-hybridized carbons (Fsp3) is 0.409. The van der Waals surface area contributed by atoms with Gasteiger partial charge in [0.25, 0.3) is 0 Å². The summed E-state index contributed by atoms with van der Waals surface area (Å²) in [6.07, 6.45) is 4.27. The Morgan fingerprint density at radius 1 is 1.12 bits per heavy atom. The summed E-state index contributed by atoms with van der Waals surface area (Å²) in [5.41, 5.74) is 2.31. The van der Waals surface area contributed by atoms with Gasteiger partial charge in [0.2, 0.25) is 5.91 Å². The maximum Gasteiger partial charge on any atom is 0.223 e. The van der Waals surface area contributed by atoms with Gasteiger partial charge in [0.15, 0.2) is 0 Å². The van der Waals surface area contributed by atoms with Gasteiger partial charge in [0, 0.05) is 19.0 Å². The minimum atomic E-state index is 0.230. The lowest BCUT2D eigenvalue weighted by atomic mass is 10.0. The number of methoxy groups -OCH3 is 2. The van der Waals surface area contributed by atoms with Crippen molar-refractivity contribution in [2.45, 2.75) is 38.1 Å². The van der Waals surface area contributed by atoms with Crippen LogP contribution < -0.4 is 9.47 Å². The Balaban J connectivity index is 1.62. The molecule has 138 valence electrons. The third-order valence-corrected chi connectivity index (χ3v) is 5.11. The Kier molecular flexibility index (Phi) is 6.16. The molecule has 26 heavy (non-hydrogen) atoms. The van der Waals surface area contributed by atoms with Crippen molar-refractivity contribution < 1.29 is 14.3 Å². The molecule has 1 amide bonds. The van der Waals surface area contributed by atoms with Gasteiger partial charge in [-0.25, -0.2) is 0 Å². The molecule has 1 aliphatic rings. The van der Waals surface area contributed by atoms with Gasteiger partial charge in [-0.1, -0.05) is 30.3 Å². The summed E-state index contributed by atoms with van der Waals surface area (Å²) in [5, 5.41) is 0. The van der Waals surface area contributed by atoms with Gasteiger partial charge in [-0.2, -0.15) is 0 Å². The number of amides is 1. The molecule has 0 N–H and O–H groups in total. The van der Waals surface area contributed by atoms with Crippen LogP contribution in [-0.2, 0) is 17.6 Å². The molecule has 1 unspecified atom stereocenters. The van der Waals surface area contributed by atoms with Gasteiger partial charge in [0.05, 0.1) is 14.2 Å². The first-order valence-electron chi connectivity index (χ1n) is 9.25. The first kappa shape index (κ1) is 18.3. The molecule has 1 aliphatic heterocycles. The van der Waals surface area contributed by atoms with E-state index < -0.39 is 0 Å². The Labute approximate surface area is 155 Å². The van der Waals surface area contributed by atoms with Crippen molar-refractivity contribution in [2.24, 2.45) is 0 Å². The van der Waals surface area contributed by atoms with Crippen molar-refractivity contribution in [1.82, 2.24) is 4.90 Å². The molecule has 0 aromatic heterocycles. The fourth-order valence-electron chi connectivity index (χ4n) is 3.72. The van der Waals surface area contributed by atoms with Gasteiger partial charge in [-0.3, -0.25) is 4.79 Å². The molecule has 1 fully saturated rings. The van der Waals surface area contributed by atoms with E-state index in [0.29, 0.717) is 18.9 Å². The van der Waals surface area contributed by atoms with E-state index in [-0.39, 0.29) is 5.91 Å². The van der Waals surface area contributed by atoms with Crippen LogP contribution in [-0.4, -0.2) is 37.6 Å². The van der Waals surface area contributed by atoms with Crippen molar-refractivity contribution in [3.8, 4) is 11.5 Å². The Hall–Kier alpha value is -2.49. The van der Waals surface area contributed by atoms with E-state index in [9.17, 15) is 4.79 Å². The quantitative estimate of drug-likeness (QED) is 0.758. The summed E-state index contributed by atoms with van der Waals surface area (Å²) in [6.45, 7) is 0.867. The molecule has 0 spiro atoms. The third kappa shape index (κ3) is 4.37. The summed E-state index contributed by atoms with van der Waals surface area (Å²) in [7, 11) is 3.30. The summed E-state index contributed by atoms with van der Waals surface area (Å²) in [4.78, 5) is 14.9. The second-order valence-electron chi connectivity index (χ2n) is 6.75. The molecule has 0 saturated carbocycles. The van der Waals surface area contributed by atoms with Gasteiger partial charge in [-0.15, -0.1) is 0 Å². The van der Waals surface area contributed by atoms with Crippen LogP contribution in [0.4, 0.5) is 0 Å². The number of nitrogens with zero attached hydrogens (tertiary/aromatic N) is 1. The SMILES string of the molecule is COc1ccc(OC)c(CCC(=O)N2CCCC2Cc2ccccc2)c1. The smallest absolute Gasteiger partial charge is 0.223 e. The number of ether oxygens (including phenoxy) is 2. The highest BCUT2D eigenvalue weighted by Crippen LogP contribution is 2.27. The fourth-order valence-corrected chi connectivity index (χ4v) is 3.72. The number of rotatable bonds is 7. The van der Waals surface area contributed by atoms with E-state index in [1.54, 1.807) is 14.2 Å². The van der Waals surface area contributed by atoms with Crippen LogP contribution >= 0.6 is 0 Å². The molecule has 2 aromatic carbocycles. The van der Waals surface area contributed by atoms with Crippen molar-refractivity contribution in [3.63, 3.8) is 0 Å². The van der Waals surface area contributed by atoms with Crippen LogP contribution in [0.3, 0.4) is 0 Å². The monoisotopic (exact) mass is 353 g/mol. The Bertz CT molecular complexity index is 729. The molecule has 1 saturated heterocycles. The lowest BCUT2D eigenvalue weighted by Gasteiger charge is -2.25. The molecular weight excluding hydrogens is 326 g/mol. The molecule has 3 rings (SSSR count). The summed E-state index contributed by atoms with van der Waals surface area (Å²) in [5.74, 6) is 1.82. The molecule has 1 atom stereocenters. The first-order chi connectivity index (χ1) is 12.7. The van der Waals surface area contributed by atoms with Crippen LogP contribution in [0, 0.1) is 0 Å². The zero-order valence-electron chi connectivity index (χ0n) is 15.6. The van der Waals surface area contributed by atoms with Crippen LogP contribution in [0.1, 0.15) is 30.4 Å². The molecule has 0 radical (unpaired) electrons. The summed E-state index contributed by atoms with van der Waals surface area (Å²) in [6, 6.07) is 16.5. The zero-order chi connectivity index (χ0) is 18.4. The normalized spacial score (nSPS) is 16.5. The summed E-state index contributed by atoms with van der Waals surface area (Å²) < 4.78 is 10.7. The topological polar surface area (TPSA) is 38.8 Å². The van der Waals surface area contributed by atoms with Crippen molar-refractivity contribution >= 4 is 5.91 Å². The summed E-state index contributed by atoms with van der Waals surface area (Å²) >= 11 is 0. The Morgan fingerprint density at radius 2 is 1.92 bits per heavy atom. The number of aryl methyl sites for hydroxylation is 1. The zero-order valence-corrected chi connectivity index (χ0v) is 15.6. The van der Waals surface area contributed by atoms with Gasteiger partial charge >= 0.3 is 0 Å². The lowest BCUT2D eigenvalue weighted by Crippen LogP contribution is -2.36. The molecule has 4 heteroatoms. The average Bonchev–Trinajstić information content (AvgIpc) is 3.14. The van der Waals surface area contributed by atoms with Crippen LogP contribution in [0.5, 0.6) is 11.5 Å². The number of hydrogen-bond donors (Lipinski definition) is 0.